The zero-order chi connectivity index (χ0) is 36.4. The Bertz CT molecular complexity index is 1960. The van der Waals surface area contributed by atoms with E-state index in [9.17, 15) is 18.8 Å². The number of imidazole rings is 2. The second kappa shape index (κ2) is 14.9. The van der Waals surface area contributed by atoms with Crippen molar-refractivity contribution < 1.29 is 23.5 Å². The molecule has 0 unspecified atom stereocenters. The summed E-state index contributed by atoms with van der Waals surface area (Å²) < 4.78 is 19.2. The van der Waals surface area contributed by atoms with Crippen LogP contribution in [0.3, 0.4) is 0 Å². The lowest BCUT2D eigenvalue weighted by Gasteiger charge is -2.29. The molecule has 6 rings (SSSR count). The number of halogens is 1. The van der Waals surface area contributed by atoms with Crippen LogP contribution in [0.15, 0.2) is 48.7 Å². The van der Waals surface area contributed by atoms with E-state index in [-0.39, 0.29) is 42.7 Å². The van der Waals surface area contributed by atoms with Gasteiger partial charge in [0, 0.05) is 24.1 Å². The summed E-state index contributed by atoms with van der Waals surface area (Å²) in [5.41, 5.74) is 11.0. The lowest BCUT2D eigenvalue weighted by atomic mass is 10.0. The predicted molar refractivity (Wildman–Crippen MR) is 191 cm³/mol. The average Bonchev–Trinajstić information content (AvgIpc) is 3.94. The first-order chi connectivity index (χ1) is 24.4. The summed E-state index contributed by atoms with van der Waals surface area (Å²) >= 11 is 0. The fourth-order valence-corrected chi connectivity index (χ4v) is 6.75. The number of carbonyl (C=O) groups is 3. The number of nitrogens with two attached hydrogens (primary N) is 1. The molecule has 4 heterocycles. The van der Waals surface area contributed by atoms with Crippen molar-refractivity contribution in [3.8, 4) is 23.1 Å². The average molecular weight is 697 g/mol. The summed E-state index contributed by atoms with van der Waals surface area (Å²) in [5.74, 6) is 7.11. The molecule has 12 nitrogen and oxygen atoms in total. The molecule has 0 aliphatic carbocycles. The zero-order valence-corrected chi connectivity index (χ0v) is 29.6. The number of amides is 3. The van der Waals surface area contributed by atoms with E-state index in [2.05, 4.69) is 32.1 Å². The molecule has 2 aliphatic heterocycles. The Labute approximate surface area is 296 Å². The summed E-state index contributed by atoms with van der Waals surface area (Å²) in [4.78, 5) is 57.7. The van der Waals surface area contributed by atoms with Crippen LogP contribution in [-0.2, 0) is 14.3 Å². The van der Waals surface area contributed by atoms with Crippen molar-refractivity contribution >= 4 is 28.9 Å². The molecule has 4 aromatic rings. The number of nitrogens with one attached hydrogen (secondary N) is 3. The van der Waals surface area contributed by atoms with E-state index in [0.29, 0.717) is 18.2 Å². The molecule has 51 heavy (non-hydrogen) atoms. The number of alkyl carbamates (subject to hydrolysis) is 1. The van der Waals surface area contributed by atoms with E-state index in [0.717, 1.165) is 46.3 Å². The maximum atomic E-state index is 14.5. The van der Waals surface area contributed by atoms with Gasteiger partial charge in [-0.15, -0.1) is 0 Å². The topological polar surface area (TPSA) is 162 Å². The summed E-state index contributed by atoms with van der Waals surface area (Å²) in [6.07, 6.45) is 1.71. The molecule has 3 amide bonds. The van der Waals surface area contributed by atoms with Crippen molar-refractivity contribution in [2.75, 3.05) is 20.2 Å². The maximum Gasteiger partial charge on any atom is 0.407 e. The number of fused-ring (bicyclic) bond motifs is 1. The monoisotopic (exact) mass is 696 g/mol. The molecule has 268 valence electrons. The van der Waals surface area contributed by atoms with Gasteiger partial charge < -0.3 is 35.6 Å². The highest BCUT2D eigenvalue weighted by Gasteiger charge is 2.40. The molecule has 2 aromatic heterocycles. The number of aromatic amines is 2. The summed E-state index contributed by atoms with van der Waals surface area (Å²) in [6, 6.07) is 11.4. The van der Waals surface area contributed by atoms with E-state index in [4.69, 9.17) is 15.5 Å². The number of benzene rings is 2. The van der Waals surface area contributed by atoms with Crippen LogP contribution in [0.25, 0.3) is 22.3 Å². The molecule has 0 spiro atoms. The smallest absolute Gasteiger partial charge is 0.407 e. The van der Waals surface area contributed by atoms with Crippen LogP contribution in [0.1, 0.15) is 81.8 Å². The molecule has 0 saturated carbocycles. The van der Waals surface area contributed by atoms with E-state index in [1.54, 1.807) is 11.1 Å². The molecule has 0 radical (unpaired) electrons. The van der Waals surface area contributed by atoms with E-state index >= 15 is 0 Å². The van der Waals surface area contributed by atoms with Crippen LogP contribution in [0.2, 0.25) is 0 Å². The van der Waals surface area contributed by atoms with E-state index < -0.39 is 30.4 Å². The first kappa shape index (κ1) is 35.6. The second-order valence-electron chi connectivity index (χ2n) is 14.0. The number of alkyl halides is 1. The number of nitrogens with zero attached hydrogens (tertiary/aromatic N) is 4. The quantitative estimate of drug-likeness (QED) is 0.189. The van der Waals surface area contributed by atoms with Gasteiger partial charge in [0.25, 0.3) is 0 Å². The minimum atomic E-state index is -1.13. The van der Waals surface area contributed by atoms with Crippen molar-refractivity contribution in [1.82, 2.24) is 35.1 Å². The number of hydrogen-bond donors (Lipinski definition) is 4. The van der Waals surface area contributed by atoms with Gasteiger partial charge in [-0.05, 0) is 60.6 Å². The van der Waals surface area contributed by atoms with Gasteiger partial charge in [0.2, 0.25) is 11.8 Å². The third-order valence-corrected chi connectivity index (χ3v) is 9.74. The predicted octanol–water partition coefficient (Wildman–Crippen LogP) is 4.99. The molecule has 5 N–H and O–H groups in total. The maximum absolute atomic E-state index is 14.5. The molecule has 13 heteroatoms. The van der Waals surface area contributed by atoms with Crippen LogP contribution < -0.4 is 11.1 Å². The van der Waals surface area contributed by atoms with Gasteiger partial charge in [0.15, 0.2) is 0 Å². The molecule has 2 aliphatic rings. The largest absolute Gasteiger partial charge is 0.453 e. The van der Waals surface area contributed by atoms with Gasteiger partial charge >= 0.3 is 6.09 Å². The van der Waals surface area contributed by atoms with E-state index in [1.807, 2.05) is 70.2 Å². The lowest BCUT2D eigenvalue weighted by Crippen LogP contribution is -2.51. The normalized spacial score (nSPS) is 20.1. The van der Waals surface area contributed by atoms with Crippen molar-refractivity contribution in [3.63, 3.8) is 0 Å². The van der Waals surface area contributed by atoms with Crippen molar-refractivity contribution in [1.29, 1.82) is 0 Å². The van der Waals surface area contributed by atoms with Gasteiger partial charge in [-0.1, -0.05) is 51.7 Å². The van der Waals surface area contributed by atoms with Crippen molar-refractivity contribution in [2.45, 2.75) is 77.3 Å². The van der Waals surface area contributed by atoms with Crippen molar-refractivity contribution in [2.24, 2.45) is 17.6 Å². The number of ether oxygens (including phenoxy) is 1. The minimum absolute atomic E-state index is 0.0123. The molecular formula is C38H45FN8O4. The van der Waals surface area contributed by atoms with Gasteiger partial charge in [-0.3, -0.25) is 9.59 Å². The molecule has 5 atom stereocenters. The zero-order valence-electron chi connectivity index (χ0n) is 29.6. The lowest BCUT2D eigenvalue weighted by molar-refractivity contribution is -0.136. The highest BCUT2D eigenvalue weighted by atomic mass is 19.1. The highest BCUT2D eigenvalue weighted by molar-refractivity contribution is 5.87. The fourth-order valence-electron chi connectivity index (χ4n) is 6.75. The Morgan fingerprint density at radius 2 is 1.69 bits per heavy atom. The van der Waals surface area contributed by atoms with Gasteiger partial charge in [0.05, 0.1) is 54.7 Å². The number of aromatic nitrogens is 4. The number of hydrogen-bond acceptors (Lipinski definition) is 7. The summed E-state index contributed by atoms with van der Waals surface area (Å²) in [5, 5.41) is 2.68. The number of H-pyrrole nitrogens is 2. The second-order valence-corrected chi connectivity index (χ2v) is 14.0. The molecular weight excluding hydrogens is 651 g/mol. The Hall–Kier alpha value is -5.22. The van der Waals surface area contributed by atoms with Gasteiger partial charge in [0.1, 0.15) is 23.9 Å². The van der Waals surface area contributed by atoms with Crippen LogP contribution in [0, 0.1) is 23.7 Å². The van der Waals surface area contributed by atoms with Crippen LogP contribution in [-0.4, -0.2) is 86.1 Å². The summed E-state index contributed by atoms with van der Waals surface area (Å²) in [6.45, 7) is 8.13. The standard InChI is InChI=1S/C38H45FN8O4/c1-21(2)32(40)36(48)47-20-26(39)18-31(47)34-41-19-29(44-34)25-13-10-23(11-14-25)8-9-24-12-15-27-28(17-24)43-35(42-27)30-7-6-16-46(30)37(49)33(22(3)4)45-38(50)51-5/h10-15,17,19,21-22,26,30-33H,6-7,16,18,20,40H2,1-5H3,(H,41,44)(H,42,43)(H,45,50)/t26-,30+,31+,32+,33+/m1/s1. The Morgan fingerprint density at radius 3 is 2.39 bits per heavy atom. The minimum Gasteiger partial charge on any atom is -0.453 e. The molecule has 2 fully saturated rings. The van der Waals surface area contributed by atoms with Gasteiger partial charge in [-0.25, -0.2) is 19.2 Å². The number of rotatable bonds is 8. The molecule has 2 saturated heterocycles. The third kappa shape index (κ3) is 7.61. The number of likely N-dealkylation sites (tertiary alicyclic amines) is 2. The fraction of sp³-hybridized carbons (Fsp3) is 0.447. The Kier molecular flexibility index (Phi) is 10.4. The summed E-state index contributed by atoms with van der Waals surface area (Å²) in [7, 11) is 1.28. The first-order valence-electron chi connectivity index (χ1n) is 17.5. The molecule has 2 aromatic carbocycles. The van der Waals surface area contributed by atoms with Crippen LogP contribution in [0.4, 0.5) is 9.18 Å². The Balaban J connectivity index is 1.13. The molecule has 0 bridgehead atoms. The third-order valence-electron chi connectivity index (χ3n) is 9.74. The Morgan fingerprint density at radius 1 is 0.961 bits per heavy atom. The van der Waals surface area contributed by atoms with Crippen LogP contribution in [0.5, 0.6) is 0 Å². The van der Waals surface area contributed by atoms with Gasteiger partial charge in [-0.2, -0.15) is 0 Å². The number of methoxy groups -OCH3 is 1. The van der Waals surface area contributed by atoms with Crippen LogP contribution >= 0.6 is 0 Å². The van der Waals surface area contributed by atoms with Crippen molar-refractivity contribution in [3.05, 3.63) is 71.4 Å². The first-order valence-corrected chi connectivity index (χ1v) is 17.5. The SMILES string of the molecule is COC(=O)N[C@H](C(=O)N1CCC[C@H]1c1nc2ccc(C#Cc3ccc(-c4cnc([C@@H]5C[C@@H](F)CN5C(=O)[C@@H](N)C(C)C)[nH]4)cc3)cc2[nH]1)C(C)C. The highest BCUT2D eigenvalue weighted by Crippen LogP contribution is 2.35. The van der Waals surface area contributed by atoms with E-state index in [1.165, 1.54) is 12.0 Å². The number of carbonyl (C=O) groups excluding carboxylic acids is 3.